The Hall–Kier alpha value is -1.60. The molecular weight excluding hydrogens is 311 g/mol. The topological polar surface area (TPSA) is 78.4 Å². The monoisotopic (exact) mass is 336 g/mol. The van der Waals surface area contributed by atoms with Gasteiger partial charge in [0.2, 0.25) is 5.91 Å². The molecule has 1 amide bonds. The summed E-state index contributed by atoms with van der Waals surface area (Å²) in [5, 5.41) is 13.2. The number of carbonyl (C=O) groups excluding carboxylic acids is 1. The molecule has 2 atom stereocenters. The van der Waals surface area contributed by atoms with Crippen LogP contribution >= 0.6 is 0 Å². The Bertz CT molecular complexity index is 551. The highest BCUT2D eigenvalue weighted by Gasteiger charge is 2.35. The van der Waals surface area contributed by atoms with Crippen molar-refractivity contribution in [3.63, 3.8) is 0 Å². The number of likely N-dealkylation sites (tertiary alicyclic amines) is 1. The Balaban J connectivity index is 1.50. The molecule has 132 valence electrons. The third-order valence-electron chi connectivity index (χ3n) is 5.04. The highest BCUT2D eigenvalue weighted by Crippen LogP contribution is 2.32. The van der Waals surface area contributed by atoms with Crippen molar-refractivity contribution in [1.82, 2.24) is 20.2 Å². The average molecular weight is 336 g/mol. The predicted octanol–water partition coefficient (Wildman–Crippen LogP) is 1.20. The van der Waals surface area contributed by atoms with Crippen LogP contribution in [0.2, 0.25) is 0 Å². The highest BCUT2D eigenvalue weighted by atomic mass is 19.1. The van der Waals surface area contributed by atoms with E-state index in [1.807, 2.05) is 4.90 Å². The first-order chi connectivity index (χ1) is 11.5. The normalized spacial score (nSPS) is 26.6. The maximum Gasteiger partial charge on any atom is 0.222 e. The minimum Gasteiger partial charge on any atom is -0.389 e. The quantitative estimate of drug-likeness (QED) is 0.816. The van der Waals surface area contributed by atoms with Crippen LogP contribution in [-0.2, 0) is 11.3 Å². The molecule has 1 saturated heterocycles. The first-order valence-corrected chi connectivity index (χ1v) is 8.65. The van der Waals surface area contributed by atoms with E-state index in [1.165, 1.54) is 6.33 Å². The van der Waals surface area contributed by atoms with Gasteiger partial charge in [0.25, 0.3) is 0 Å². The zero-order chi connectivity index (χ0) is 17.0. The van der Waals surface area contributed by atoms with E-state index in [9.17, 15) is 14.3 Å². The van der Waals surface area contributed by atoms with Crippen molar-refractivity contribution >= 4 is 5.91 Å². The second-order valence-corrected chi connectivity index (χ2v) is 7.08. The molecule has 0 aromatic carbocycles. The van der Waals surface area contributed by atoms with Crippen LogP contribution < -0.4 is 5.32 Å². The lowest BCUT2D eigenvalue weighted by Crippen LogP contribution is -2.42. The number of nitrogens with zero attached hydrogens (tertiary/aromatic N) is 3. The fourth-order valence-corrected chi connectivity index (χ4v) is 3.78. The molecule has 1 aliphatic carbocycles. The van der Waals surface area contributed by atoms with Crippen LogP contribution in [0.15, 0.2) is 18.7 Å². The van der Waals surface area contributed by atoms with Gasteiger partial charge < -0.3 is 10.4 Å². The number of amides is 1. The summed E-state index contributed by atoms with van der Waals surface area (Å²) in [5.74, 6) is -0.148. The van der Waals surface area contributed by atoms with E-state index in [-0.39, 0.29) is 18.4 Å². The third kappa shape index (κ3) is 4.48. The molecule has 7 heteroatoms. The number of carbonyl (C=O) groups is 1. The van der Waals surface area contributed by atoms with E-state index in [2.05, 4.69) is 15.3 Å². The number of hydrogen-bond donors (Lipinski definition) is 2. The highest BCUT2D eigenvalue weighted by molar-refractivity contribution is 5.77. The van der Waals surface area contributed by atoms with E-state index < -0.39 is 11.8 Å². The van der Waals surface area contributed by atoms with Crippen LogP contribution in [0.25, 0.3) is 0 Å². The molecule has 2 fully saturated rings. The fraction of sp³-hybridized carbons (Fsp3) is 0.706. The van der Waals surface area contributed by atoms with Crippen LogP contribution in [0.5, 0.6) is 0 Å². The molecule has 1 aromatic rings. The zero-order valence-electron chi connectivity index (χ0n) is 13.8. The average Bonchev–Trinajstić information content (AvgIpc) is 3.12. The van der Waals surface area contributed by atoms with Gasteiger partial charge in [-0.1, -0.05) is 12.8 Å². The second-order valence-electron chi connectivity index (χ2n) is 7.08. The Morgan fingerprint density at radius 2 is 2.08 bits per heavy atom. The van der Waals surface area contributed by atoms with Crippen molar-refractivity contribution < 1.29 is 14.3 Å². The second kappa shape index (κ2) is 7.53. The van der Waals surface area contributed by atoms with Crippen molar-refractivity contribution in [2.24, 2.45) is 0 Å². The lowest BCUT2D eigenvalue weighted by Gasteiger charge is -2.25. The number of rotatable bonds is 6. The molecule has 6 nitrogen and oxygen atoms in total. The molecule has 0 spiro atoms. The van der Waals surface area contributed by atoms with E-state index in [0.717, 1.165) is 18.4 Å². The van der Waals surface area contributed by atoms with Crippen molar-refractivity contribution in [3.05, 3.63) is 24.3 Å². The van der Waals surface area contributed by atoms with E-state index in [1.54, 1.807) is 12.4 Å². The summed E-state index contributed by atoms with van der Waals surface area (Å²) in [6, 6.07) is -0.0395. The summed E-state index contributed by atoms with van der Waals surface area (Å²) in [6.07, 6.45) is 7.93. The van der Waals surface area contributed by atoms with Crippen molar-refractivity contribution in [1.29, 1.82) is 0 Å². The molecule has 2 aliphatic rings. The van der Waals surface area contributed by atoms with Crippen molar-refractivity contribution in [2.75, 3.05) is 13.1 Å². The molecule has 0 radical (unpaired) electrons. The standard InChI is InChI=1S/C17H25FN4O2/c18-14-5-15(22(11-14)10-13-7-19-12-20-8-13)9-21-16(23)6-17(24)3-1-2-4-17/h7-8,12,14-15,24H,1-6,9-11H2,(H,21,23)/t14-,15-/m0/s1. The van der Waals surface area contributed by atoms with Crippen LogP contribution in [0, 0.1) is 0 Å². The number of aliphatic hydroxyl groups is 1. The maximum atomic E-state index is 13.8. The summed E-state index contributed by atoms with van der Waals surface area (Å²) < 4.78 is 13.8. The summed E-state index contributed by atoms with van der Waals surface area (Å²) in [6.45, 7) is 1.34. The molecule has 1 saturated carbocycles. The molecule has 1 aromatic heterocycles. The minimum absolute atomic E-state index is 0.0395. The molecule has 2 heterocycles. The number of aromatic nitrogens is 2. The van der Waals surface area contributed by atoms with E-state index in [0.29, 0.717) is 38.9 Å². The predicted molar refractivity (Wildman–Crippen MR) is 86.8 cm³/mol. The van der Waals surface area contributed by atoms with Crippen LogP contribution in [0.1, 0.15) is 44.1 Å². The van der Waals surface area contributed by atoms with Gasteiger partial charge in [-0.15, -0.1) is 0 Å². The van der Waals surface area contributed by atoms with Gasteiger partial charge in [-0.2, -0.15) is 0 Å². The Morgan fingerprint density at radius 3 is 2.79 bits per heavy atom. The first-order valence-electron chi connectivity index (χ1n) is 8.65. The molecule has 0 bridgehead atoms. The van der Waals surface area contributed by atoms with Gasteiger partial charge in [-0.25, -0.2) is 14.4 Å². The van der Waals surface area contributed by atoms with Crippen LogP contribution in [0.3, 0.4) is 0 Å². The Morgan fingerprint density at radius 1 is 1.38 bits per heavy atom. The largest absolute Gasteiger partial charge is 0.389 e. The molecule has 3 rings (SSSR count). The summed E-state index contributed by atoms with van der Waals surface area (Å²) in [5.41, 5.74) is 0.0897. The first kappa shape index (κ1) is 17.2. The molecule has 0 unspecified atom stereocenters. The van der Waals surface area contributed by atoms with Crippen molar-refractivity contribution in [3.8, 4) is 0 Å². The SMILES string of the molecule is O=C(CC1(O)CCCC1)NC[C@@H]1C[C@H](F)CN1Cc1cncnc1. The van der Waals surface area contributed by atoms with Crippen molar-refractivity contribution in [2.45, 2.75) is 62.9 Å². The van der Waals surface area contributed by atoms with Crippen LogP contribution in [-0.4, -0.2) is 56.8 Å². The van der Waals surface area contributed by atoms with Gasteiger partial charge in [0.15, 0.2) is 0 Å². The smallest absolute Gasteiger partial charge is 0.222 e. The van der Waals surface area contributed by atoms with Gasteiger partial charge >= 0.3 is 0 Å². The summed E-state index contributed by atoms with van der Waals surface area (Å²) in [7, 11) is 0. The number of hydrogen-bond acceptors (Lipinski definition) is 5. The lowest BCUT2D eigenvalue weighted by atomic mass is 9.97. The Kier molecular flexibility index (Phi) is 5.40. The molecular formula is C17H25FN4O2. The third-order valence-corrected chi connectivity index (χ3v) is 5.04. The van der Waals surface area contributed by atoms with Gasteiger partial charge in [0.1, 0.15) is 12.5 Å². The maximum absolute atomic E-state index is 13.8. The Labute approximate surface area is 141 Å². The van der Waals surface area contributed by atoms with Crippen LogP contribution in [0.4, 0.5) is 4.39 Å². The van der Waals surface area contributed by atoms with Gasteiger partial charge in [0, 0.05) is 43.6 Å². The fourth-order valence-electron chi connectivity index (χ4n) is 3.78. The molecule has 2 N–H and O–H groups in total. The van der Waals surface area contributed by atoms with Gasteiger partial charge in [-0.05, 0) is 19.3 Å². The summed E-state index contributed by atoms with van der Waals surface area (Å²) >= 11 is 0. The number of halogens is 1. The van der Waals surface area contributed by atoms with Gasteiger partial charge in [0.05, 0.1) is 12.0 Å². The lowest BCUT2D eigenvalue weighted by molar-refractivity contribution is -0.126. The molecule has 1 aliphatic heterocycles. The van der Waals surface area contributed by atoms with Gasteiger partial charge in [-0.3, -0.25) is 9.69 Å². The van der Waals surface area contributed by atoms with E-state index >= 15 is 0 Å². The van der Waals surface area contributed by atoms with E-state index in [4.69, 9.17) is 0 Å². The zero-order valence-corrected chi connectivity index (χ0v) is 13.8. The minimum atomic E-state index is -0.879. The number of nitrogens with one attached hydrogen (secondary N) is 1. The number of alkyl halides is 1. The summed E-state index contributed by atoms with van der Waals surface area (Å²) in [4.78, 5) is 22.1. The molecule has 24 heavy (non-hydrogen) atoms.